The normalized spacial score (nSPS) is 18.5. The van der Waals surface area contributed by atoms with Gasteiger partial charge in [-0.05, 0) is 73.1 Å². The fraction of sp³-hybridized carbons (Fsp3) is 0.483. The first kappa shape index (κ1) is 30.6. The molecule has 0 radical (unpaired) electrons. The van der Waals surface area contributed by atoms with Crippen molar-refractivity contribution in [1.29, 1.82) is 0 Å². The van der Waals surface area contributed by atoms with E-state index in [2.05, 4.69) is 28.0 Å². The van der Waals surface area contributed by atoms with Gasteiger partial charge in [-0.3, -0.25) is 19.4 Å². The molecule has 3 fully saturated rings. The van der Waals surface area contributed by atoms with Crippen molar-refractivity contribution in [3.63, 3.8) is 0 Å². The van der Waals surface area contributed by atoms with Gasteiger partial charge in [0.1, 0.15) is 0 Å². The second-order valence-electron chi connectivity index (χ2n) is 10.6. The fourth-order valence-electron chi connectivity index (χ4n) is 5.61. The summed E-state index contributed by atoms with van der Waals surface area (Å²) in [6.45, 7) is 4.88. The predicted octanol–water partition coefficient (Wildman–Crippen LogP) is 2.98. The van der Waals surface area contributed by atoms with Crippen LogP contribution in [0.4, 0.5) is 0 Å². The van der Waals surface area contributed by atoms with Gasteiger partial charge in [0, 0.05) is 62.8 Å². The number of hydrogen-bond acceptors (Lipinski definition) is 7. The van der Waals surface area contributed by atoms with Crippen LogP contribution in [-0.2, 0) is 22.2 Å². The van der Waals surface area contributed by atoms with Crippen LogP contribution in [0.5, 0.6) is 0 Å². The maximum atomic E-state index is 11.4. The lowest BCUT2D eigenvalue weighted by Crippen LogP contribution is -2.44. The maximum Gasteiger partial charge on any atom is 0.269 e. The van der Waals surface area contributed by atoms with Crippen molar-refractivity contribution < 1.29 is 24.2 Å². The minimum absolute atomic E-state index is 0.187. The molecule has 1 unspecified atom stereocenters. The molecule has 0 saturated carbocycles. The Morgan fingerprint density at radius 3 is 2.66 bits per heavy atom. The minimum Gasteiger partial charge on any atom is -0.364 e. The van der Waals surface area contributed by atoms with Crippen LogP contribution in [0.3, 0.4) is 0 Å². The Balaban J connectivity index is 0.000000144. The van der Waals surface area contributed by atoms with Crippen molar-refractivity contribution >= 4 is 32.1 Å². The molecule has 6 rings (SSSR count). The number of aryl methyl sites for hydroxylation is 1. The predicted molar refractivity (Wildman–Crippen MR) is 156 cm³/mol. The molecule has 3 aromatic rings. The first-order chi connectivity index (χ1) is 19.8. The number of fused-ring (bicyclic) bond motifs is 2. The Labute approximate surface area is 241 Å². The number of carbonyl (C=O) groups excluding carboxylic acids is 3. The monoisotopic (exact) mass is 582 g/mol. The molecule has 1 atom stereocenters. The molecular weight excluding hydrogens is 543 g/mol. The molecule has 3 amide bonds. The number of hydrogen-bond donors (Lipinski definition) is 3. The number of nitrogens with two attached hydrogens (primary N) is 1. The largest absolute Gasteiger partial charge is 0.364 e. The van der Waals surface area contributed by atoms with Crippen LogP contribution >= 0.6 is 8.38 Å². The maximum absolute atomic E-state index is 11.4. The van der Waals surface area contributed by atoms with Crippen LogP contribution in [0.1, 0.15) is 78.5 Å². The Morgan fingerprint density at radius 1 is 1.17 bits per heavy atom. The highest BCUT2D eigenvalue weighted by Gasteiger charge is 2.30. The molecule has 0 aliphatic carbocycles. The summed E-state index contributed by atoms with van der Waals surface area (Å²) >= 11 is 0. The van der Waals surface area contributed by atoms with Gasteiger partial charge in [-0.2, -0.15) is 5.10 Å². The zero-order valence-electron chi connectivity index (χ0n) is 23.4. The highest BCUT2D eigenvalue weighted by molar-refractivity contribution is 7.44. The second-order valence-corrected chi connectivity index (χ2v) is 11.7. The summed E-state index contributed by atoms with van der Waals surface area (Å²) in [5, 5.41) is 3.95. The lowest BCUT2D eigenvalue weighted by atomic mass is 9.89. The molecule has 3 aromatic heterocycles. The summed E-state index contributed by atoms with van der Waals surface area (Å²) in [6, 6.07) is 7.69. The quantitative estimate of drug-likeness (QED) is 0.298. The molecule has 12 heteroatoms. The van der Waals surface area contributed by atoms with Crippen molar-refractivity contribution in [3.8, 4) is 0 Å². The molecule has 0 bridgehead atoms. The minimum atomic E-state index is -1.96. The van der Waals surface area contributed by atoms with E-state index in [4.69, 9.17) is 15.5 Å². The van der Waals surface area contributed by atoms with E-state index >= 15 is 0 Å². The summed E-state index contributed by atoms with van der Waals surface area (Å²) in [5.41, 5.74) is 9.44. The summed E-state index contributed by atoms with van der Waals surface area (Å²) in [4.78, 5) is 58.6. The van der Waals surface area contributed by atoms with Crippen LogP contribution < -0.4 is 5.73 Å². The van der Waals surface area contributed by atoms with E-state index in [1.807, 2.05) is 12.4 Å². The zero-order valence-corrected chi connectivity index (χ0v) is 24.3. The first-order valence-corrected chi connectivity index (χ1v) is 15.6. The molecule has 220 valence electrons. The van der Waals surface area contributed by atoms with Gasteiger partial charge in [-0.25, -0.2) is 4.52 Å². The molecule has 4 N–H and O–H groups in total. The average Bonchev–Trinajstić information content (AvgIpc) is 3.54. The van der Waals surface area contributed by atoms with Gasteiger partial charge in [-0.1, -0.05) is 13.3 Å². The van der Waals surface area contributed by atoms with Gasteiger partial charge < -0.3 is 25.3 Å². The zero-order chi connectivity index (χ0) is 29.4. The standard InChI is InChI=1S/C11H14N2O.C9H10N3O3P.C9H15NO/c1-2-9-3-4-12-5-11(9)10-6-13(7-10)8-14;10-9(13)8-4-7-3-6(5-16(14)15)1-2-12(7)11-8;11-9-6-2-1-4-8-5-3-7-10(8)9/h3-5,8,10H,2,6-7H2,1H3;1-4,14-15H,5H2,(H2,10,13);8H,1-7H2. The van der Waals surface area contributed by atoms with E-state index in [1.54, 1.807) is 29.3 Å². The Kier molecular flexibility index (Phi) is 10.8. The third-order valence-corrected chi connectivity index (χ3v) is 8.45. The molecule has 0 spiro atoms. The first-order valence-electron chi connectivity index (χ1n) is 14.1. The van der Waals surface area contributed by atoms with Gasteiger partial charge in [-0.15, -0.1) is 0 Å². The Bertz CT molecular complexity index is 1340. The summed E-state index contributed by atoms with van der Waals surface area (Å²) in [5.74, 6) is 0.325. The van der Waals surface area contributed by atoms with Gasteiger partial charge in [0.25, 0.3) is 5.91 Å². The molecule has 6 heterocycles. The van der Waals surface area contributed by atoms with Gasteiger partial charge >= 0.3 is 0 Å². The highest BCUT2D eigenvalue weighted by Crippen LogP contribution is 2.30. The van der Waals surface area contributed by atoms with E-state index in [0.717, 1.165) is 50.9 Å². The number of carbonyl (C=O) groups is 3. The Hall–Kier alpha value is -3.40. The van der Waals surface area contributed by atoms with E-state index in [9.17, 15) is 14.4 Å². The Morgan fingerprint density at radius 2 is 1.95 bits per heavy atom. The number of nitrogens with zero attached hydrogens (tertiary/aromatic N) is 5. The SMILES string of the molecule is CCc1ccncc1C1CN(C=O)C1.NC(=O)c1cc2cc(CP(O)O)ccn2n1.O=C1CCCCC2CCCN12. The highest BCUT2D eigenvalue weighted by atomic mass is 31.2. The number of aromatic nitrogens is 3. The second kappa shape index (κ2) is 14.5. The van der Waals surface area contributed by atoms with Crippen molar-refractivity contribution in [1.82, 2.24) is 24.4 Å². The van der Waals surface area contributed by atoms with E-state index < -0.39 is 14.3 Å². The van der Waals surface area contributed by atoms with Gasteiger partial charge in [0.05, 0.1) is 5.52 Å². The number of likely N-dealkylation sites (tertiary alicyclic amines) is 1. The van der Waals surface area contributed by atoms with Crippen LogP contribution in [0.15, 0.2) is 42.9 Å². The lowest BCUT2D eigenvalue weighted by molar-refractivity contribution is -0.131. The van der Waals surface area contributed by atoms with Crippen LogP contribution in [0.25, 0.3) is 5.52 Å². The summed E-state index contributed by atoms with van der Waals surface area (Å²) in [7, 11) is -1.96. The molecule has 3 aliphatic rings. The van der Waals surface area contributed by atoms with Crippen molar-refractivity contribution in [2.45, 2.75) is 70.0 Å². The van der Waals surface area contributed by atoms with E-state index in [0.29, 0.717) is 23.4 Å². The van der Waals surface area contributed by atoms with Crippen LogP contribution in [-0.4, -0.2) is 78.1 Å². The molecule has 3 saturated heterocycles. The van der Waals surface area contributed by atoms with Crippen molar-refractivity contribution in [3.05, 3.63) is 65.2 Å². The molecule has 41 heavy (non-hydrogen) atoms. The summed E-state index contributed by atoms with van der Waals surface area (Å²) in [6.07, 6.45) is 14.5. The van der Waals surface area contributed by atoms with Gasteiger partial charge in [0.2, 0.25) is 12.3 Å². The third-order valence-electron chi connectivity index (χ3n) is 7.81. The van der Waals surface area contributed by atoms with Crippen LogP contribution in [0, 0.1) is 0 Å². The third kappa shape index (κ3) is 8.09. The number of pyridine rings is 2. The molecule has 11 nitrogen and oxygen atoms in total. The number of amides is 3. The topological polar surface area (TPSA) is 154 Å². The summed E-state index contributed by atoms with van der Waals surface area (Å²) < 4.78 is 1.51. The molecular formula is C29H39N6O5P. The number of rotatable bonds is 6. The fourth-order valence-corrected chi connectivity index (χ4v) is 6.13. The smallest absolute Gasteiger partial charge is 0.269 e. The lowest BCUT2D eigenvalue weighted by Gasteiger charge is -2.37. The van der Waals surface area contributed by atoms with Crippen LogP contribution in [0.2, 0.25) is 0 Å². The number of primary amides is 1. The van der Waals surface area contributed by atoms with Crippen molar-refractivity contribution in [2.24, 2.45) is 5.73 Å². The van der Waals surface area contributed by atoms with E-state index in [1.165, 1.54) is 41.3 Å². The molecule has 3 aliphatic heterocycles. The van der Waals surface area contributed by atoms with E-state index in [-0.39, 0.29) is 11.9 Å². The molecule has 0 aromatic carbocycles. The average molecular weight is 583 g/mol. The van der Waals surface area contributed by atoms with Gasteiger partial charge in [0.15, 0.2) is 14.1 Å². The van der Waals surface area contributed by atoms with Crippen molar-refractivity contribution in [2.75, 3.05) is 19.6 Å².